The Kier molecular flexibility index (Phi) is 5.95. The van der Waals surface area contributed by atoms with Crippen molar-refractivity contribution in [3.8, 4) is 0 Å². The summed E-state index contributed by atoms with van der Waals surface area (Å²) in [6.07, 6.45) is 3.42. The van der Waals surface area contributed by atoms with Crippen molar-refractivity contribution < 1.29 is 22.7 Å². The summed E-state index contributed by atoms with van der Waals surface area (Å²) in [6, 6.07) is 3.98. The number of amides is 1. The fourth-order valence-electron chi connectivity index (χ4n) is 2.13. The van der Waals surface area contributed by atoms with Crippen molar-refractivity contribution in [2.45, 2.75) is 24.7 Å². The van der Waals surface area contributed by atoms with E-state index in [1.807, 2.05) is 0 Å². The number of benzene rings is 1. The van der Waals surface area contributed by atoms with Crippen LogP contribution in [0, 0.1) is 5.92 Å². The Balaban J connectivity index is 2.12. The molecule has 2 N–H and O–H groups in total. The van der Waals surface area contributed by atoms with E-state index in [0.717, 1.165) is 12.8 Å². The molecule has 0 heterocycles. The third-order valence-corrected chi connectivity index (χ3v) is 4.64. The van der Waals surface area contributed by atoms with Crippen LogP contribution in [0.25, 0.3) is 0 Å². The molecule has 0 spiro atoms. The van der Waals surface area contributed by atoms with E-state index < -0.39 is 15.8 Å². The number of ether oxygens (including phenoxy) is 1. The lowest BCUT2D eigenvalue weighted by Gasteiger charge is -2.10. The normalized spacial score (nSPS) is 14.2. The maximum absolute atomic E-state index is 11.9. The van der Waals surface area contributed by atoms with Crippen LogP contribution in [-0.4, -0.2) is 46.2 Å². The maximum atomic E-state index is 11.9. The highest BCUT2D eigenvalue weighted by Gasteiger charge is 2.21. The number of rotatable bonds is 8. The summed E-state index contributed by atoms with van der Waals surface area (Å²) < 4.78 is 28.5. The summed E-state index contributed by atoms with van der Waals surface area (Å²) in [7, 11) is -3.53. The second kappa shape index (κ2) is 7.76. The van der Waals surface area contributed by atoms with Gasteiger partial charge in [0.2, 0.25) is 5.91 Å². The number of hydrogen-bond donors (Lipinski definition) is 2. The Hall–Kier alpha value is -1.93. The molecule has 0 saturated heterocycles. The Morgan fingerprint density at radius 2 is 1.96 bits per heavy atom. The van der Waals surface area contributed by atoms with Crippen LogP contribution >= 0.6 is 0 Å². The molecule has 8 heteroatoms. The van der Waals surface area contributed by atoms with Crippen LogP contribution in [0.2, 0.25) is 0 Å². The van der Waals surface area contributed by atoms with Gasteiger partial charge in [0.15, 0.2) is 9.84 Å². The minimum absolute atomic E-state index is 0.0470. The highest BCUT2D eigenvalue weighted by molar-refractivity contribution is 7.90. The molecule has 1 aliphatic carbocycles. The smallest absolute Gasteiger partial charge is 0.338 e. The number of nitrogens with one attached hydrogen (secondary N) is 2. The molecule has 1 amide bonds. The van der Waals surface area contributed by atoms with Gasteiger partial charge in [-0.15, -0.1) is 0 Å². The van der Waals surface area contributed by atoms with Gasteiger partial charge in [0, 0.05) is 11.9 Å². The Bertz CT molecular complexity index is 726. The van der Waals surface area contributed by atoms with E-state index >= 15 is 0 Å². The monoisotopic (exact) mass is 354 g/mol. The van der Waals surface area contributed by atoms with Crippen LogP contribution in [0.4, 0.5) is 5.69 Å². The van der Waals surface area contributed by atoms with E-state index in [4.69, 9.17) is 4.74 Å². The van der Waals surface area contributed by atoms with Gasteiger partial charge in [-0.1, -0.05) is 0 Å². The van der Waals surface area contributed by atoms with Crippen molar-refractivity contribution in [3.63, 3.8) is 0 Å². The summed E-state index contributed by atoms with van der Waals surface area (Å²) in [5, 5.41) is 5.66. The lowest BCUT2D eigenvalue weighted by atomic mass is 10.2. The molecule has 1 aromatic rings. The standard InChI is InChI=1S/C16H22N2O5S/c1-3-23-16(20)12-6-13(8-14(7-12)24(2,21)22)18-15(19)10-17-9-11-4-5-11/h6-8,11,17H,3-5,9-10H2,1-2H3,(H,18,19). The van der Waals surface area contributed by atoms with Gasteiger partial charge in [0.25, 0.3) is 0 Å². The zero-order valence-electron chi connectivity index (χ0n) is 13.8. The molecule has 0 atom stereocenters. The predicted molar refractivity (Wildman–Crippen MR) is 89.7 cm³/mol. The fourth-order valence-corrected chi connectivity index (χ4v) is 2.82. The van der Waals surface area contributed by atoms with Crippen LogP contribution in [0.15, 0.2) is 23.1 Å². The minimum Gasteiger partial charge on any atom is -0.462 e. The number of carbonyl (C=O) groups excluding carboxylic acids is 2. The molecule has 0 unspecified atom stereocenters. The van der Waals surface area contributed by atoms with Crippen LogP contribution in [0.1, 0.15) is 30.1 Å². The van der Waals surface area contributed by atoms with Crippen LogP contribution in [0.5, 0.6) is 0 Å². The molecule has 7 nitrogen and oxygen atoms in total. The number of esters is 1. The average molecular weight is 354 g/mol. The molecule has 0 radical (unpaired) electrons. The molecule has 1 aliphatic rings. The zero-order valence-corrected chi connectivity index (χ0v) is 14.6. The fraction of sp³-hybridized carbons (Fsp3) is 0.500. The number of carbonyl (C=O) groups is 2. The van der Waals surface area contributed by atoms with E-state index in [1.165, 1.54) is 31.0 Å². The molecule has 1 saturated carbocycles. The number of anilines is 1. The van der Waals surface area contributed by atoms with Crippen LogP contribution in [0.3, 0.4) is 0 Å². The van der Waals surface area contributed by atoms with Gasteiger partial charge in [-0.25, -0.2) is 13.2 Å². The first kappa shape index (κ1) is 18.4. The first-order chi connectivity index (χ1) is 11.3. The highest BCUT2D eigenvalue weighted by atomic mass is 32.2. The first-order valence-corrected chi connectivity index (χ1v) is 9.71. The summed E-state index contributed by atoms with van der Waals surface area (Å²) in [5.74, 6) is -0.275. The summed E-state index contributed by atoms with van der Waals surface area (Å²) in [6.45, 7) is 2.76. The molecule has 132 valence electrons. The van der Waals surface area contributed by atoms with Crippen molar-refractivity contribution in [2.24, 2.45) is 5.92 Å². The summed E-state index contributed by atoms with van der Waals surface area (Å²) >= 11 is 0. The van der Waals surface area contributed by atoms with E-state index in [-0.39, 0.29) is 35.2 Å². The first-order valence-electron chi connectivity index (χ1n) is 7.82. The number of hydrogen-bond acceptors (Lipinski definition) is 6. The summed E-state index contributed by atoms with van der Waals surface area (Å²) in [5.41, 5.74) is 0.334. The SMILES string of the molecule is CCOC(=O)c1cc(NC(=O)CNCC2CC2)cc(S(C)(=O)=O)c1. The van der Waals surface area contributed by atoms with E-state index in [1.54, 1.807) is 6.92 Å². The van der Waals surface area contributed by atoms with Gasteiger partial charge in [-0.2, -0.15) is 0 Å². The molecule has 0 aliphatic heterocycles. The van der Waals surface area contributed by atoms with Gasteiger partial charge in [-0.3, -0.25) is 4.79 Å². The molecular formula is C16H22N2O5S. The molecule has 0 bridgehead atoms. The van der Waals surface area contributed by atoms with Crippen molar-refractivity contribution in [1.82, 2.24) is 5.32 Å². The Morgan fingerprint density at radius 1 is 1.25 bits per heavy atom. The Labute approximate surface area is 141 Å². The minimum atomic E-state index is -3.53. The van der Waals surface area contributed by atoms with E-state index in [9.17, 15) is 18.0 Å². The van der Waals surface area contributed by atoms with Crippen LogP contribution < -0.4 is 10.6 Å². The predicted octanol–water partition coefficient (Wildman–Crippen LogP) is 1.20. The maximum Gasteiger partial charge on any atom is 0.338 e. The van der Waals surface area contributed by atoms with E-state index in [0.29, 0.717) is 5.92 Å². The van der Waals surface area contributed by atoms with E-state index in [2.05, 4.69) is 10.6 Å². The van der Waals surface area contributed by atoms with Crippen molar-refractivity contribution in [2.75, 3.05) is 31.3 Å². The molecule has 2 rings (SSSR count). The zero-order chi connectivity index (χ0) is 17.7. The quantitative estimate of drug-likeness (QED) is 0.680. The van der Waals surface area contributed by atoms with Crippen molar-refractivity contribution in [1.29, 1.82) is 0 Å². The van der Waals surface area contributed by atoms with Gasteiger partial charge in [0.1, 0.15) is 0 Å². The van der Waals surface area contributed by atoms with Crippen LogP contribution in [-0.2, 0) is 19.4 Å². The lowest BCUT2D eigenvalue weighted by Crippen LogP contribution is -2.29. The largest absolute Gasteiger partial charge is 0.462 e. The van der Waals surface area contributed by atoms with Gasteiger partial charge in [-0.05, 0) is 50.4 Å². The average Bonchev–Trinajstić information content (AvgIpc) is 3.30. The highest BCUT2D eigenvalue weighted by Crippen LogP contribution is 2.27. The second-order valence-electron chi connectivity index (χ2n) is 5.86. The van der Waals surface area contributed by atoms with Crippen molar-refractivity contribution >= 4 is 27.4 Å². The van der Waals surface area contributed by atoms with Gasteiger partial charge in [0.05, 0.1) is 23.6 Å². The number of sulfone groups is 1. The topological polar surface area (TPSA) is 102 Å². The lowest BCUT2D eigenvalue weighted by molar-refractivity contribution is -0.115. The van der Waals surface area contributed by atoms with Crippen molar-refractivity contribution in [3.05, 3.63) is 23.8 Å². The molecule has 1 aromatic carbocycles. The summed E-state index contributed by atoms with van der Waals surface area (Å²) in [4.78, 5) is 23.8. The van der Waals surface area contributed by atoms with Gasteiger partial charge >= 0.3 is 5.97 Å². The molecular weight excluding hydrogens is 332 g/mol. The molecule has 0 aromatic heterocycles. The molecule has 1 fully saturated rings. The second-order valence-corrected chi connectivity index (χ2v) is 7.88. The molecule has 24 heavy (non-hydrogen) atoms. The Morgan fingerprint density at radius 3 is 2.54 bits per heavy atom. The third-order valence-electron chi connectivity index (χ3n) is 3.55. The van der Waals surface area contributed by atoms with Gasteiger partial charge < -0.3 is 15.4 Å². The third kappa shape index (κ3) is 5.61.